The Bertz CT molecular complexity index is 874. The van der Waals surface area contributed by atoms with Gasteiger partial charge in [-0.25, -0.2) is 4.99 Å². The van der Waals surface area contributed by atoms with Crippen molar-refractivity contribution in [2.24, 2.45) is 4.99 Å². The Morgan fingerprint density at radius 3 is 2.87 bits per heavy atom. The Hall–Kier alpha value is -2.60. The summed E-state index contributed by atoms with van der Waals surface area (Å²) >= 11 is 3.41. The van der Waals surface area contributed by atoms with E-state index in [9.17, 15) is 4.79 Å². The van der Waals surface area contributed by atoms with Crippen molar-refractivity contribution in [3.05, 3.63) is 63.8 Å². The van der Waals surface area contributed by atoms with Gasteiger partial charge in [0.25, 0.3) is 5.91 Å². The lowest BCUT2D eigenvalue weighted by Gasteiger charge is -2.00. The van der Waals surface area contributed by atoms with E-state index in [1.54, 1.807) is 6.08 Å². The molecule has 2 aromatic rings. The number of aliphatic imine (C=N–C) groups is 1. The largest absolute Gasteiger partial charge is 0.454 e. The van der Waals surface area contributed by atoms with Crippen molar-refractivity contribution in [3.8, 4) is 11.5 Å². The standard InChI is InChI=1S/C17H11BrN2O3/c18-12-3-1-2-11(8-12)16-19-13(17(21)20-16)6-10-4-5-14-15(7-10)23-9-22-14/h1-8H,9H2,(H,19,20,21). The second kappa shape index (κ2) is 5.55. The zero-order valence-electron chi connectivity index (χ0n) is 11.9. The number of carbonyl (C=O) groups is 1. The second-order valence-corrected chi connectivity index (χ2v) is 5.98. The Morgan fingerprint density at radius 2 is 2.00 bits per heavy atom. The summed E-state index contributed by atoms with van der Waals surface area (Å²) in [7, 11) is 0. The highest BCUT2D eigenvalue weighted by Crippen LogP contribution is 2.33. The van der Waals surface area contributed by atoms with Crippen LogP contribution in [0.15, 0.2) is 57.6 Å². The Kier molecular flexibility index (Phi) is 3.38. The molecule has 0 spiro atoms. The SMILES string of the molecule is O=C1NC(c2cccc(Br)c2)=NC1=Cc1ccc2c(c1)OCO2. The molecular weight excluding hydrogens is 360 g/mol. The molecule has 0 atom stereocenters. The van der Waals surface area contributed by atoms with E-state index >= 15 is 0 Å². The van der Waals surface area contributed by atoms with Crippen LogP contribution >= 0.6 is 15.9 Å². The number of hydrogen-bond acceptors (Lipinski definition) is 4. The van der Waals surface area contributed by atoms with Gasteiger partial charge in [-0.3, -0.25) is 4.79 Å². The molecule has 0 radical (unpaired) electrons. The minimum Gasteiger partial charge on any atom is -0.454 e. The highest BCUT2D eigenvalue weighted by molar-refractivity contribution is 9.10. The molecule has 0 aromatic heterocycles. The third kappa shape index (κ3) is 2.73. The summed E-state index contributed by atoms with van der Waals surface area (Å²) in [5, 5.41) is 2.79. The van der Waals surface area contributed by atoms with Gasteiger partial charge in [0.1, 0.15) is 11.5 Å². The third-order valence-electron chi connectivity index (χ3n) is 3.49. The molecule has 0 aliphatic carbocycles. The van der Waals surface area contributed by atoms with Gasteiger partial charge in [-0.2, -0.15) is 0 Å². The van der Waals surface area contributed by atoms with Gasteiger partial charge in [0, 0.05) is 10.0 Å². The molecule has 5 nitrogen and oxygen atoms in total. The highest BCUT2D eigenvalue weighted by Gasteiger charge is 2.21. The van der Waals surface area contributed by atoms with Gasteiger partial charge in [0.2, 0.25) is 6.79 Å². The van der Waals surface area contributed by atoms with Crippen molar-refractivity contribution in [2.45, 2.75) is 0 Å². The van der Waals surface area contributed by atoms with Gasteiger partial charge in [0.15, 0.2) is 11.5 Å². The quantitative estimate of drug-likeness (QED) is 0.826. The van der Waals surface area contributed by atoms with Crippen LogP contribution in [-0.2, 0) is 4.79 Å². The van der Waals surface area contributed by atoms with E-state index in [1.807, 2.05) is 42.5 Å². The van der Waals surface area contributed by atoms with Crippen molar-refractivity contribution in [2.75, 3.05) is 6.79 Å². The molecule has 4 rings (SSSR count). The highest BCUT2D eigenvalue weighted by atomic mass is 79.9. The van der Waals surface area contributed by atoms with E-state index < -0.39 is 0 Å². The Balaban J connectivity index is 1.67. The molecule has 2 heterocycles. The van der Waals surface area contributed by atoms with Crippen LogP contribution in [0.2, 0.25) is 0 Å². The molecule has 2 aliphatic rings. The van der Waals surface area contributed by atoms with Crippen LogP contribution in [-0.4, -0.2) is 18.5 Å². The number of amides is 1. The fourth-order valence-corrected chi connectivity index (χ4v) is 2.80. The zero-order valence-corrected chi connectivity index (χ0v) is 13.5. The van der Waals surface area contributed by atoms with Gasteiger partial charge >= 0.3 is 0 Å². The number of carbonyl (C=O) groups excluding carboxylic acids is 1. The number of hydrogen-bond donors (Lipinski definition) is 1. The lowest BCUT2D eigenvalue weighted by molar-refractivity contribution is -0.115. The predicted molar refractivity (Wildman–Crippen MR) is 89.4 cm³/mol. The second-order valence-electron chi connectivity index (χ2n) is 5.07. The monoisotopic (exact) mass is 370 g/mol. The number of rotatable bonds is 2. The molecule has 0 fully saturated rings. The summed E-state index contributed by atoms with van der Waals surface area (Å²) < 4.78 is 11.5. The van der Waals surface area contributed by atoms with Crippen LogP contribution in [0.1, 0.15) is 11.1 Å². The summed E-state index contributed by atoms with van der Waals surface area (Å²) in [5.74, 6) is 1.70. The number of ether oxygens (including phenoxy) is 2. The molecule has 1 amide bonds. The first-order valence-corrected chi connectivity index (χ1v) is 7.76. The number of benzene rings is 2. The first kappa shape index (κ1) is 14.0. The normalized spacial score (nSPS) is 17.3. The number of halogens is 1. The number of nitrogens with zero attached hydrogens (tertiary/aromatic N) is 1. The first-order valence-electron chi connectivity index (χ1n) is 6.96. The lowest BCUT2D eigenvalue weighted by Crippen LogP contribution is -2.24. The van der Waals surface area contributed by atoms with E-state index in [0.29, 0.717) is 23.0 Å². The van der Waals surface area contributed by atoms with Gasteiger partial charge in [-0.15, -0.1) is 0 Å². The summed E-state index contributed by atoms with van der Waals surface area (Å²) in [5.41, 5.74) is 2.04. The predicted octanol–water partition coefficient (Wildman–Crippen LogP) is 3.10. The molecule has 0 bridgehead atoms. The number of fused-ring (bicyclic) bond motifs is 1. The maximum atomic E-state index is 12.1. The molecule has 0 saturated heterocycles. The van der Waals surface area contributed by atoms with Crippen molar-refractivity contribution in [1.29, 1.82) is 0 Å². The van der Waals surface area contributed by atoms with Gasteiger partial charge < -0.3 is 14.8 Å². The average Bonchev–Trinajstić information content (AvgIpc) is 3.14. The zero-order chi connectivity index (χ0) is 15.8. The maximum absolute atomic E-state index is 12.1. The minimum absolute atomic E-state index is 0.223. The fourth-order valence-electron chi connectivity index (χ4n) is 2.40. The van der Waals surface area contributed by atoms with Crippen LogP contribution in [0.4, 0.5) is 0 Å². The summed E-state index contributed by atoms with van der Waals surface area (Å²) in [6.45, 7) is 0.223. The average molecular weight is 371 g/mol. The van der Waals surface area contributed by atoms with Gasteiger partial charge in [-0.05, 0) is 35.9 Å². The number of nitrogens with one attached hydrogen (secondary N) is 1. The van der Waals surface area contributed by atoms with Crippen LogP contribution in [0.5, 0.6) is 11.5 Å². The third-order valence-corrected chi connectivity index (χ3v) is 3.99. The topological polar surface area (TPSA) is 59.9 Å². The summed E-state index contributed by atoms with van der Waals surface area (Å²) in [6, 6.07) is 13.1. The van der Waals surface area contributed by atoms with Crippen LogP contribution < -0.4 is 14.8 Å². The summed E-state index contributed by atoms with van der Waals surface area (Å²) in [4.78, 5) is 16.5. The van der Waals surface area contributed by atoms with Crippen molar-refractivity contribution in [3.63, 3.8) is 0 Å². The first-order chi connectivity index (χ1) is 11.2. The molecular formula is C17H11BrN2O3. The van der Waals surface area contributed by atoms with Gasteiger partial charge in [0.05, 0.1) is 0 Å². The molecule has 6 heteroatoms. The Labute approximate surface area is 140 Å². The van der Waals surface area contributed by atoms with E-state index in [-0.39, 0.29) is 12.7 Å². The van der Waals surface area contributed by atoms with E-state index in [0.717, 1.165) is 15.6 Å². The van der Waals surface area contributed by atoms with Crippen molar-refractivity contribution >= 4 is 33.7 Å². The smallest absolute Gasteiger partial charge is 0.275 e. The molecule has 2 aliphatic heterocycles. The van der Waals surface area contributed by atoms with E-state index in [2.05, 4.69) is 26.2 Å². The van der Waals surface area contributed by atoms with E-state index in [1.165, 1.54) is 0 Å². The van der Waals surface area contributed by atoms with Gasteiger partial charge in [-0.1, -0.05) is 34.1 Å². The minimum atomic E-state index is -0.224. The van der Waals surface area contributed by atoms with E-state index in [4.69, 9.17) is 9.47 Å². The number of amidine groups is 1. The van der Waals surface area contributed by atoms with Crippen molar-refractivity contribution < 1.29 is 14.3 Å². The van der Waals surface area contributed by atoms with Crippen molar-refractivity contribution in [1.82, 2.24) is 5.32 Å². The molecule has 0 unspecified atom stereocenters. The molecule has 114 valence electrons. The van der Waals surface area contributed by atoms with Crippen LogP contribution in [0, 0.1) is 0 Å². The molecule has 2 aromatic carbocycles. The molecule has 23 heavy (non-hydrogen) atoms. The Morgan fingerprint density at radius 1 is 1.13 bits per heavy atom. The fraction of sp³-hybridized carbons (Fsp3) is 0.0588. The van der Waals surface area contributed by atoms with Crippen LogP contribution in [0.25, 0.3) is 6.08 Å². The maximum Gasteiger partial charge on any atom is 0.275 e. The molecule has 1 N–H and O–H groups in total. The summed E-state index contributed by atoms with van der Waals surface area (Å²) in [6.07, 6.45) is 1.72. The lowest BCUT2D eigenvalue weighted by atomic mass is 10.1. The van der Waals surface area contributed by atoms with Crippen LogP contribution in [0.3, 0.4) is 0 Å². The molecule has 0 saturated carbocycles.